The molecule has 0 heterocycles. The molecule has 1 aliphatic carbocycles. The average molecular weight is 406 g/mol. The highest BCUT2D eigenvalue weighted by Gasteiger charge is 2.16. The molecule has 0 saturated heterocycles. The van der Waals surface area contributed by atoms with Crippen molar-refractivity contribution in [2.75, 3.05) is 5.32 Å². The van der Waals surface area contributed by atoms with Crippen LogP contribution in [-0.2, 0) is 23.1 Å². The van der Waals surface area contributed by atoms with Gasteiger partial charge in [0.15, 0.2) is 0 Å². The molecule has 0 aromatic heterocycles. The molecule has 158 valence electrons. The lowest BCUT2D eigenvalue weighted by Crippen LogP contribution is -2.22. The fourth-order valence-corrected chi connectivity index (χ4v) is 3.70. The lowest BCUT2D eigenvalue weighted by atomic mass is 9.87. The normalized spacial score (nSPS) is 14.1. The Bertz CT molecular complexity index is 953. The van der Waals surface area contributed by atoms with E-state index in [1.165, 1.54) is 23.1 Å². The second kappa shape index (κ2) is 9.24. The Hall–Kier alpha value is -2.95. The largest absolute Gasteiger partial charge is 0.325 e. The topological polar surface area (TPSA) is 70.6 Å². The molecule has 2 aromatic carbocycles. The van der Waals surface area contributed by atoms with E-state index >= 15 is 0 Å². The molecule has 2 N–H and O–H groups in total. The number of carbonyl (C=O) groups is 2. The highest BCUT2D eigenvalue weighted by atomic mass is 16.2. The van der Waals surface area contributed by atoms with Crippen LogP contribution in [0.15, 0.2) is 47.6 Å². The third-order valence-corrected chi connectivity index (χ3v) is 5.45. The summed E-state index contributed by atoms with van der Waals surface area (Å²) in [6.07, 6.45) is 4.57. The van der Waals surface area contributed by atoms with Crippen LogP contribution in [0.1, 0.15) is 74.0 Å². The summed E-state index contributed by atoms with van der Waals surface area (Å²) < 4.78 is 0. The standard InChI is InChI=1S/C25H31N3O2/c1-17(27-28-24(30)19-12-14-20(15-13-19)25(2,3)4)16-23(29)26-22-11-7-9-18-8-5-6-10-21(18)22/h7,9,11-15H,5-6,8,10,16H2,1-4H3,(H,26,29)(H,28,30)/b27-17+. The number of benzene rings is 2. The summed E-state index contributed by atoms with van der Waals surface area (Å²) in [6, 6.07) is 13.6. The minimum absolute atomic E-state index is 0.0368. The van der Waals surface area contributed by atoms with Crippen molar-refractivity contribution in [1.29, 1.82) is 0 Å². The maximum absolute atomic E-state index is 12.5. The summed E-state index contributed by atoms with van der Waals surface area (Å²) in [5.41, 5.74) is 8.31. The van der Waals surface area contributed by atoms with Crippen molar-refractivity contribution >= 4 is 23.2 Å². The molecule has 0 unspecified atom stereocenters. The number of anilines is 1. The molecule has 0 fully saturated rings. The average Bonchev–Trinajstić information content (AvgIpc) is 2.71. The molecule has 0 bridgehead atoms. The number of nitrogens with one attached hydrogen (secondary N) is 2. The third kappa shape index (κ3) is 5.56. The van der Waals surface area contributed by atoms with E-state index < -0.39 is 0 Å². The first kappa shape index (κ1) is 21.8. The van der Waals surface area contributed by atoms with E-state index in [0.29, 0.717) is 11.3 Å². The Balaban J connectivity index is 1.56. The van der Waals surface area contributed by atoms with E-state index in [2.05, 4.69) is 42.7 Å². The molecule has 5 heteroatoms. The van der Waals surface area contributed by atoms with E-state index in [0.717, 1.165) is 24.9 Å². The molecular weight excluding hydrogens is 374 g/mol. The Morgan fingerprint density at radius 3 is 2.40 bits per heavy atom. The van der Waals surface area contributed by atoms with Crippen molar-refractivity contribution < 1.29 is 9.59 Å². The monoisotopic (exact) mass is 405 g/mol. The van der Waals surface area contributed by atoms with Crippen molar-refractivity contribution in [2.24, 2.45) is 5.10 Å². The maximum Gasteiger partial charge on any atom is 0.271 e. The van der Waals surface area contributed by atoms with Gasteiger partial charge in [0.2, 0.25) is 5.91 Å². The second-order valence-corrected chi connectivity index (χ2v) is 8.99. The number of hydrazone groups is 1. The van der Waals surface area contributed by atoms with Gasteiger partial charge < -0.3 is 5.32 Å². The molecule has 0 radical (unpaired) electrons. The molecule has 0 aliphatic heterocycles. The van der Waals surface area contributed by atoms with Crippen LogP contribution >= 0.6 is 0 Å². The van der Waals surface area contributed by atoms with Crippen LogP contribution in [-0.4, -0.2) is 17.5 Å². The lowest BCUT2D eigenvalue weighted by molar-refractivity contribution is -0.115. The van der Waals surface area contributed by atoms with Gasteiger partial charge in [0.25, 0.3) is 5.91 Å². The van der Waals surface area contributed by atoms with Gasteiger partial charge in [-0.15, -0.1) is 0 Å². The Morgan fingerprint density at radius 2 is 1.70 bits per heavy atom. The first-order valence-corrected chi connectivity index (χ1v) is 10.6. The van der Waals surface area contributed by atoms with E-state index in [9.17, 15) is 9.59 Å². The summed E-state index contributed by atoms with van der Waals surface area (Å²) in [5, 5.41) is 7.11. The first-order valence-electron chi connectivity index (χ1n) is 10.6. The van der Waals surface area contributed by atoms with E-state index in [1.54, 1.807) is 19.1 Å². The van der Waals surface area contributed by atoms with Crippen molar-refractivity contribution in [2.45, 2.75) is 65.2 Å². The maximum atomic E-state index is 12.5. The number of aryl methyl sites for hydroxylation is 1. The molecule has 0 spiro atoms. The second-order valence-electron chi connectivity index (χ2n) is 8.99. The SMILES string of the molecule is C/C(CC(=O)Nc1cccc2c1CCCC2)=N\NC(=O)c1ccc(C(C)(C)C)cc1. The smallest absolute Gasteiger partial charge is 0.271 e. The Labute approximate surface area is 179 Å². The molecule has 5 nitrogen and oxygen atoms in total. The summed E-state index contributed by atoms with van der Waals surface area (Å²) >= 11 is 0. The summed E-state index contributed by atoms with van der Waals surface area (Å²) in [7, 11) is 0. The molecule has 0 atom stereocenters. The van der Waals surface area contributed by atoms with Crippen LogP contribution in [0, 0.1) is 0 Å². The molecular formula is C25H31N3O2. The van der Waals surface area contributed by atoms with Gasteiger partial charge in [-0.05, 0) is 72.9 Å². The number of carbonyl (C=O) groups excluding carboxylic acids is 2. The van der Waals surface area contributed by atoms with Gasteiger partial charge in [-0.2, -0.15) is 5.10 Å². The molecule has 3 rings (SSSR count). The van der Waals surface area contributed by atoms with Gasteiger partial charge in [0.05, 0.1) is 6.42 Å². The van der Waals surface area contributed by atoms with Crippen LogP contribution in [0.25, 0.3) is 0 Å². The number of fused-ring (bicyclic) bond motifs is 1. The van der Waals surface area contributed by atoms with Gasteiger partial charge >= 0.3 is 0 Å². The minimum atomic E-state index is -0.285. The Kier molecular flexibility index (Phi) is 6.70. The summed E-state index contributed by atoms with van der Waals surface area (Å²) in [5.74, 6) is -0.411. The fourth-order valence-electron chi connectivity index (χ4n) is 3.70. The zero-order valence-electron chi connectivity index (χ0n) is 18.3. The number of nitrogens with zero attached hydrogens (tertiary/aromatic N) is 1. The van der Waals surface area contributed by atoms with Gasteiger partial charge in [0, 0.05) is 17.0 Å². The fraction of sp³-hybridized carbons (Fsp3) is 0.400. The van der Waals surface area contributed by atoms with Crippen molar-refractivity contribution in [3.05, 3.63) is 64.7 Å². The van der Waals surface area contributed by atoms with Crippen LogP contribution < -0.4 is 10.7 Å². The Morgan fingerprint density at radius 1 is 1.00 bits per heavy atom. The minimum Gasteiger partial charge on any atom is -0.325 e. The third-order valence-electron chi connectivity index (χ3n) is 5.45. The van der Waals surface area contributed by atoms with Crippen LogP contribution in [0.2, 0.25) is 0 Å². The number of rotatable bonds is 5. The number of hydrogen-bond donors (Lipinski definition) is 2. The number of hydrogen-bond acceptors (Lipinski definition) is 3. The zero-order valence-corrected chi connectivity index (χ0v) is 18.3. The van der Waals surface area contributed by atoms with Crippen molar-refractivity contribution in [1.82, 2.24) is 5.43 Å². The van der Waals surface area contributed by atoms with Crippen molar-refractivity contribution in [3.63, 3.8) is 0 Å². The van der Waals surface area contributed by atoms with E-state index in [4.69, 9.17) is 0 Å². The quantitative estimate of drug-likeness (QED) is 0.543. The van der Waals surface area contributed by atoms with E-state index in [1.807, 2.05) is 24.3 Å². The summed E-state index contributed by atoms with van der Waals surface area (Å²) in [4.78, 5) is 24.8. The molecule has 2 aromatic rings. The summed E-state index contributed by atoms with van der Waals surface area (Å²) in [6.45, 7) is 8.13. The van der Waals surface area contributed by atoms with E-state index in [-0.39, 0.29) is 23.7 Å². The first-order chi connectivity index (χ1) is 14.2. The zero-order chi connectivity index (χ0) is 21.7. The van der Waals surface area contributed by atoms with Gasteiger partial charge in [-0.25, -0.2) is 5.43 Å². The molecule has 0 saturated carbocycles. The molecule has 2 amide bonds. The predicted molar refractivity (Wildman–Crippen MR) is 122 cm³/mol. The van der Waals surface area contributed by atoms with Gasteiger partial charge in [-0.1, -0.05) is 45.0 Å². The van der Waals surface area contributed by atoms with Crippen LogP contribution in [0.4, 0.5) is 5.69 Å². The number of amides is 2. The lowest BCUT2D eigenvalue weighted by Gasteiger charge is -2.19. The highest BCUT2D eigenvalue weighted by molar-refractivity contribution is 6.06. The van der Waals surface area contributed by atoms with Crippen LogP contribution in [0.5, 0.6) is 0 Å². The van der Waals surface area contributed by atoms with Crippen LogP contribution in [0.3, 0.4) is 0 Å². The highest BCUT2D eigenvalue weighted by Crippen LogP contribution is 2.28. The van der Waals surface area contributed by atoms with Crippen molar-refractivity contribution in [3.8, 4) is 0 Å². The van der Waals surface area contributed by atoms with Gasteiger partial charge in [-0.3, -0.25) is 9.59 Å². The van der Waals surface area contributed by atoms with Gasteiger partial charge in [0.1, 0.15) is 0 Å². The molecule has 30 heavy (non-hydrogen) atoms. The molecule has 1 aliphatic rings. The predicted octanol–water partition coefficient (Wildman–Crippen LogP) is 5.00.